The fourth-order valence-electron chi connectivity index (χ4n) is 1.77. The maximum absolute atomic E-state index is 10.9. The Morgan fingerprint density at radius 2 is 1.94 bits per heavy atom. The molecule has 2 heterocycles. The lowest BCUT2D eigenvalue weighted by Crippen LogP contribution is -2.04. The summed E-state index contributed by atoms with van der Waals surface area (Å²) in [5.41, 5.74) is 3.45. The molecule has 0 spiro atoms. The largest absolute Gasteiger partial charge is 0.298 e. The number of nitrogens with zero attached hydrogens (tertiary/aromatic N) is 3. The molecule has 4 nitrogen and oxygen atoms in total. The molecule has 0 saturated carbocycles. The molecule has 90 valence electrons. The first-order valence-electron chi connectivity index (χ1n) is 5.45. The first-order valence-corrected chi connectivity index (χ1v) is 6.26. The minimum atomic E-state index is 0.639. The predicted octanol–water partition coefficient (Wildman–Crippen LogP) is 2.43. The molecule has 0 N–H and O–H groups in total. The van der Waals surface area contributed by atoms with Gasteiger partial charge in [0, 0.05) is 10.6 Å². The Kier molecular flexibility index (Phi) is 3.11. The van der Waals surface area contributed by atoms with Crippen LogP contribution in [0.1, 0.15) is 37.3 Å². The Balaban J connectivity index is 2.33. The van der Waals surface area contributed by atoms with Crippen molar-refractivity contribution in [3.63, 3.8) is 0 Å². The van der Waals surface area contributed by atoms with Crippen LogP contribution < -0.4 is 0 Å². The van der Waals surface area contributed by atoms with Crippen LogP contribution in [-0.2, 0) is 6.54 Å². The Hall–Kier alpha value is -1.49. The predicted molar refractivity (Wildman–Crippen MR) is 67.8 cm³/mol. The average molecular weight is 249 g/mol. The summed E-state index contributed by atoms with van der Waals surface area (Å²) in [5, 5.41) is 5.40. The van der Waals surface area contributed by atoms with Gasteiger partial charge in [0.2, 0.25) is 0 Å². The topological polar surface area (TPSA) is 47.8 Å². The van der Waals surface area contributed by atoms with E-state index in [1.54, 1.807) is 11.3 Å². The first-order chi connectivity index (χ1) is 8.02. The molecule has 2 rings (SSSR count). The van der Waals surface area contributed by atoms with Crippen LogP contribution in [0.5, 0.6) is 0 Å². The Morgan fingerprint density at radius 3 is 2.41 bits per heavy atom. The van der Waals surface area contributed by atoms with Crippen molar-refractivity contribution in [2.24, 2.45) is 0 Å². The first kappa shape index (κ1) is 12.0. The van der Waals surface area contributed by atoms with Crippen molar-refractivity contribution in [3.05, 3.63) is 32.5 Å². The van der Waals surface area contributed by atoms with E-state index >= 15 is 0 Å². The maximum atomic E-state index is 10.9. The molecule has 0 aliphatic carbocycles. The van der Waals surface area contributed by atoms with Crippen molar-refractivity contribution in [1.82, 2.24) is 14.8 Å². The summed E-state index contributed by atoms with van der Waals surface area (Å²) >= 11 is 1.68. The highest BCUT2D eigenvalue weighted by Crippen LogP contribution is 2.19. The van der Waals surface area contributed by atoms with E-state index in [0.717, 1.165) is 28.4 Å². The molecule has 0 saturated heterocycles. The van der Waals surface area contributed by atoms with Crippen molar-refractivity contribution in [1.29, 1.82) is 0 Å². The number of rotatable bonds is 3. The molecule has 0 aliphatic heterocycles. The van der Waals surface area contributed by atoms with Crippen LogP contribution in [0, 0.1) is 27.7 Å². The number of aryl methyl sites for hydroxylation is 3. The molecular weight excluding hydrogens is 234 g/mol. The van der Waals surface area contributed by atoms with Gasteiger partial charge in [-0.05, 0) is 27.7 Å². The Morgan fingerprint density at radius 1 is 1.24 bits per heavy atom. The van der Waals surface area contributed by atoms with Crippen molar-refractivity contribution in [2.75, 3.05) is 0 Å². The highest BCUT2D eigenvalue weighted by Gasteiger charge is 2.12. The van der Waals surface area contributed by atoms with Gasteiger partial charge in [0.15, 0.2) is 6.29 Å². The van der Waals surface area contributed by atoms with Crippen molar-refractivity contribution >= 4 is 17.6 Å². The van der Waals surface area contributed by atoms with Crippen molar-refractivity contribution in [2.45, 2.75) is 34.2 Å². The van der Waals surface area contributed by atoms with Crippen LogP contribution in [0.2, 0.25) is 0 Å². The molecule has 5 heteroatoms. The van der Waals surface area contributed by atoms with E-state index < -0.39 is 0 Å². The van der Waals surface area contributed by atoms with Gasteiger partial charge in [-0.2, -0.15) is 5.10 Å². The second kappa shape index (κ2) is 4.41. The lowest BCUT2D eigenvalue weighted by molar-refractivity contribution is 0.112. The zero-order chi connectivity index (χ0) is 12.6. The lowest BCUT2D eigenvalue weighted by atomic mass is 10.2. The van der Waals surface area contributed by atoms with Crippen LogP contribution in [0.4, 0.5) is 0 Å². The SMILES string of the molecule is Cc1nc(Cn2nc(C)c(C=O)c2C)sc1C. The van der Waals surface area contributed by atoms with Crippen LogP contribution in [0.15, 0.2) is 0 Å². The second-order valence-electron chi connectivity index (χ2n) is 4.11. The van der Waals surface area contributed by atoms with Gasteiger partial charge in [0.05, 0.1) is 23.5 Å². The molecular formula is C12H15N3OS. The van der Waals surface area contributed by atoms with Crippen LogP contribution in [0.25, 0.3) is 0 Å². The highest BCUT2D eigenvalue weighted by atomic mass is 32.1. The van der Waals surface area contributed by atoms with E-state index in [2.05, 4.69) is 17.0 Å². The zero-order valence-corrected chi connectivity index (χ0v) is 11.3. The van der Waals surface area contributed by atoms with Gasteiger partial charge in [0.25, 0.3) is 0 Å². The van der Waals surface area contributed by atoms with Crippen LogP contribution in [-0.4, -0.2) is 21.1 Å². The number of hydrogen-bond acceptors (Lipinski definition) is 4. The maximum Gasteiger partial charge on any atom is 0.153 e. The van der Waals surface area contributed by atoms with Crippen molar-refractivity contribution < 1.29 is 4.79 Å². The molecule has 0 bridgehead atoms. The van der Waals surface area contributed by atoms with Gasteiger partial charge >= 0.3 is 0 Å². The monoisotopic (exact) mass is 249 g/mol. The summed E-state index contributed by atoms with van der Waals surface area (Å²) in [4.78, 5) is 16.6. The number of aldehydes is 1. The summed E-state index contributed by atoms with van der Waals surface area (Å²) in [5.74, 6) is 0. The Labute approximate surface area is 104 Å². The molecule has 0 atom stereocenters. The summed E-state index contributed by atoms with van der Waals surface area (Å²) < 4.78 is 1.84. The Bertz CT molecular complexity index is 549. The molecule has 17 heavy (non-hydrogen) atoms. The minimum Gasteiger partial charge on any atom is -0.298 e. The standard InChI is InChI=1S/C12H15N3OS/c1-7-10(4)17-12(13-7)5-15-9(3)11(6-16)8(2)14-15/h6H,5H2,1-4H3. The number of carbonyl (C=O) groups excluding carboxylic acids is 1. The number of aromatic nitrogens is 3. The molecule has 2 aromatic rings. The number of hydrogen-bond donors (Lipinski definition) is 0. The summed E-state index contributed by atoms with van der Waals surface area (Å²) in [6.45, 7) is 8.48. The quantitative estimate of drug-likeness (QED) is 0.785. The molecule has 0 aliphatic rings. The average Bonchev–Trinajstić information content (AvgIpc) is 2.70. The van der Waals surface area contributed by atoms with Gasteiger partial charge < -0.3 is 0 Å². The van der Waals surface area contributed by atoms with E-state index in [9.17, 15) is 4.79 Å². The van der Waals surface area contributed by atoms with Gasteiger partial charge in [-0.15, -0.1) is 11.3 Å². The van der Waals surface area contributed by atoms with E-state index in [4.69, 9.17) is 0 Å². The van der Waals surface area contributed by atoms with Gasteiger partial charge in [0.1, 0.15) is 5.01 Å². The molecule has 0 radical (unpaired) electrons. The van der Waals surface area contributed by atoms with Crippen LogP contribution in [0.3, 0.4) is 0 Å². The minimum absolute atomic E-state index is 0.639. The van der Waals surface area contributed by atoms with E-state index in [-0.39, 0.29) is 0 Å². The third kappa shape index (κ3) is 2.15. The highest BCUT2D eigenvalue weighted by molar-refractivity contribution is 7.11. The van der Waals surface area contributed by atoms with Gasteiger partial charge in [-0.25, -0.2) is 4.98 Å². The lowest BCUT2D eigenvalue weighted by Gasteiger charge is -2.00. The molecule has 0 aromatic carbocycles. The molecule has 0 amide bonds. The third-order valence-electron chi connectivity index (χ3n) is 2.91. The summed E-state index contributed by atoms with van der Waals surface area (Å²) in [7, 11) is 0. The molecule has 0 unspecified atom stereocenters. The fraction of sp³-hybridized carbons (Fsp3) is 0.417. The van der Waals surface area contributed by atoms with E-state index in [1.807, 2.05) is 25.5 Å². The second-order valence-corrected chi connectivity index (χ2v) is 5.40. The normalized spacial score (nSPS) is 10.8. The van der Waals surface area contributed by atoms with Gasteiger partial charge in [-0.1, -0.05) is 0 Å². The molecule has 0 fully saturated rings. The zero-order valence-electron chi connectivity index (χ0n) is 10.4. The summed E-state index contributed by atoms with van der Waals surface area (Å²) in [6.07, 6.45) is 0.868. The molecule has 2 aromatic heterocycles. The number of carbonyl (C=O) groups is 1. The van der Waals surface area contributed by atoms with Crippen LogP contribution >= 0.6 is 11.3 Å². The summed E-state index contributed by atoms with van der Waals surface area (Å²) in [6, 6.07) is 0. The smallest absolute Gasteiger partial charge is 0.153 e. The van der Waals surface area contributed by atoms with Gasteiger partial charge in [-0.3, -0.25) is 9.48 Å². The van der Waals surface area contributed by atoms with Crippen molar-refractivity contribution in [3.8, 4) is 0 Å². The van der Waals surface area contributed by atoms with E-state index in [0.29, 0.717) is 12.1 Å². The fourth-order valence-corrected chi connectivity index (χ4v) is 2.69. The number of thiazole rings is 1. The third-order valence-corrected chi connectivity index (χ3v) is 3.97. The van der Waals surface area contributed by atoms with E-state index in [1.165, 1.54) is 4.88 Å².